The van der Waals surface area contributed by atoms with E-state index in [9.17, 15) is 4.79 Å². The number of anilines is 1. The van der Waals surface area contributed by atoms with E-state index in [0.717, 1.165) is 38.2 Å². The summed E-state index contributed by atoms with van der Waals surface area (Å²) in [6.45, 7) is 2.63. The average Bonchev–Trinajstić information content (AvgIpc) is 2.94. The molecule has 0 bridgehead atoms. The Kier molecular flexibility index (Phi) is 2.04. The number of amides is 1. The van der Waals surface area contributed by atoms with Crippen molar-refractivity contribution in [2.75, 3.05) is 24.5 Å². The Bertz CT molecular complexity index is 419. The normalized spacial score (nSPS) is 29.6. The number of rotatable bonds is 1. The minimum Gasteiger partial charge on any atom is -0.316 e. The van der Waals surface area contributed by atoms with E-state index in [2.05, 4.69) is 10.4 Å². The lowest BCUT2D eigenvalue weighted by molar-refractivity contribution is -0.124. The van der Waals surface area contributed by atoms with Crippen LogP contribution >= 0.6 is 0 Å². The number of carbonyl (C=O) groups excluding carboxylic acids is 1. The highest BCUT2D eigenvalue weighted by Gasteiger charge is 2.48. The molecular formula is C11H16N4O. The molecule has 1 spiro atoms. The van der Waals surface area contributed by atoms with Crippen LogP contribution in [0.15, 0.2) is 12.4 Å². The summed E-state index contributed by atoms with van der Waals surface area (Å²) in [4.78, 5) is 14.3. The summed E-state index contributed by atoms with van der Waals surface area (Å²) >= 11 is 0. The van der Waals surface area contributed by atoms with Crippen LogP contribution in [0.1, 0.15) is 12.8 Å². The predicted molar refractivity (Wildman–Crippen MR) is 60.1 cm³/mol. The van der Waals surface area contributed by atoms with Crippen LogP contribution in [-0.4, -0.2) is 35.3 Å². The first-order valence-electron chi connectivity index (χ1n) is 5.73. The number of nitrogens with zero attached hydrogens (tertiary/aromatic N) is 3. The lowest BCUT2D eigenvalue weighted by Crippen LogP contribution is -2.36. The fourth-order valence-corrected chi connectivity index (χ4v) is 2.75. The van der Waals surface area contributed by atoms with Gasteiger partial charge in [0.1, 0.15) is 0 Å². The maximum absolute atomic E-state index is 12.4. The molecule has 3 rings (SSSR count). The number of nitrogens with one attached hydrogen (secondary N) is 1. The highest BCUT2D eigenvalue weighted by molar-refractivity contribution is 6.00. The molecule has 1 N–H and O–H groups in total. The molecule has 1 aromatic heterocycles. The molecule has 16 heavy (non-hydrogen) atoms. The van der Waals surface area contributed by atoms with Crippen molar-refractivity contribution < 1.29 is 4.79 Å². The van der Waals surface area contributed by atoms with Crippen LogP contribution in [0.3, 0.4) is 0 Å². The number of carbonyl (C=O) groups is 1. The zero-order valence-electron chi connectivity index (χ0n) is 9.44. The molecule has 3 heterocycles. The number of hydrogen-bond acceptors (Lipinski definition) is 3. The highest BCUT2D eigenvalue weighted by Crippen LogP contribution is 2.39. The van der Waals surface area contributed by atoms with Gasteiger partial charge in [-0.05, 0) is 19.4 Å². The Morgan fingerprint density at radius 3 is 3.00 bits per heavy atom. The maximum Gasteiger partial charge on any atom is 0.234 e. The second-order valence-corrected chi connectivity index (χ2v) is 4.79. The lowest BCUT2D eigenvalue weighted by Gasteiger charge is -2.20. The average molecular weight is 220 g/mol. The number of aryl methyl sites for hydroxylation is 1. The van der Waals surface area contributed by atoms with Crippen molar-refractivity contribution in [3.8, 4) is 0 Å². The summed E-state index contributed by atoms with van der Waals surface area (Å²) in [6.07, 6.45) is 5.61. The van der Waals surface area contributed by atoms with Crippen molar-refractivity contribution >= 4 is 11.6 Å². The van der Waals surface area contributed by atoms with Gasteiger partial charge in [-0.1, -0.05) is 0 Å². The predicted octanol–water partition coefficient (Wildman–Crippen LogP) is 0.136. The van der Waals surface area contributed by atoms with Gasteiger partial charge in [0, 0.05) is 26.3 Å². The molecule has 0 saturated carbocycles. The first kappa shape index (κ1) is 9.84. The van der Waals surface area contributed by atoms with Crippen LogP contribution < -0.4 is 10.2 Å². The smallest absolute Gasteiger partial charge is 0.234 e. The molecule has 2 fully saturated rings. The quantitative estimate of drug-likeness (QED) is 0.732. The molecule has 2 aliphatic heterocycles. The molecular weight excluding hydrogens is 204 g/mol. The van der Waals surface area contributed by atoms with E-state index in [1.54, 1.807) is 10.9 Å². The summed E-state index contributed by atoms with van der Waals surface area (Å²) < 4.78 is 1.74. The molecule has 0 radical (unpaired) electrons. The molecule has 86 valence electrons. The molecule has 0 aromatic carbocycles. The summed E-state index contributed by atoms with van der Waals surface area (Å²) in [5.74, 6) is 0.269. The van der Waals surface area contributed by atoms with Crippen molar-refractivity contribution in [2.24, 2.45) is 12.5 Å². The maximum atomic E-state index is 12.4. The van der Waals surface area contributed by atoms with E-state index in [4.69, 9.17) is 0 Å². The van der Waals surface area contributed by atoms with Gasteiger partial charge in [-0.2, -0.15) is 5.10 Å². The van der Waals surface area contributed by atoms with Crippen LogP contribution in [0, 0.1) is 5.41 Å². The minimum absolute atomic E-state index is 0.129. The van der Waals surface area contributed by atoms with Crippen molar-refractivity contribution in [2.45, 2.75) is 12.8 Å². The molecule has 0 aliphatic carbocycles. The fourth-order valence-electron chi connectivity index (χ4n) is 2.75. The van der Waals surface area contributed by atoms with Gasteiger partial charge in [0.25, 0.3) is 0 Å². The molecule has 2 aliphatic rings. The Hall–Kier alpha value is -1.36. The first-order chi connectivity index (χ1) is 7.71. The Labute approximate surface area is 94.4 Å². The van der Waals surface area contributed by atoms with E-state index in [-0.39, 0.29) is 11.3 Å². The standard InChI is InChI=1S/C11H16N4O/c1-14-7-9(6-13-14)15-5-3-11(10(15)16)2-4-12-8-11/h6-7,12H,2-5,8H2,1H3/t11-/m1/s1. The van der Waals surface area contributed by atoms with Gasteiger partial charge in [0.2, 0.25) is 5.91 Å². The molecule has 5 nitrogen and oxygen atoms in total. The zero-order chi connectivity index (χ0) is 11.2. The van der Waals surface area contributed by atoms with Crippen LogP contribution in [0.2, 0.25) is 0 Å². The molecule has 1 atom stereocenters. The summed E-state index contributed by atoms with van der Waals surface area (Å²) in [5, 5.41) is 7.41. The van der Waals surface area contributed by atoms with Crippen LogP contribution in [0.4, 0.5) is 5.69 Å². The highest BCUT2D eigenvalue weighted by atomic mass is 16.2. The van der Waals surface area contributed by atoms with E-state index >= 15 is 0 Å². The van der Waals surface area contributed by atoms with Crippen LogP contribution in [0.25, 0.3) is 0 Å². The molecule has 1 aromatic rings. The SMILES string of the molecule is Cn1cc(N2CC[C@@]3(CCNC3)C2=O)cn1. The van der Waals surface area contributed by atoms with Gasteiger partial charge < -0.3 is 10.2 Å². The van der Waals surface area contributed by atoms with Gasteiger partial charge in [-0.25, -0.2) is 0 Å². The second-order valence-electron chi connectivity index (χ2n) is 4.79. The molecule has 5 heteroatoms. The van der Waals surface area contributed by atoms with Gasteiger partial charge >= 0.3 is 0 Å². The second kappa shape index (κ2) is 3.31. The summed E-state index contributed by atoms with van der Waals surface area (Å²) in [6, 6.07) is 0. The topological polar surface area (TPSA) is 50.2 Å². The van der Waals surface area contributed by atoms with E-state index in [1.165, 1.54) is 0 Å². The lowest BCUT2D eigenvalue weighted by atomic mass is 9.86. The number of hydrogen-bond donors (Lipinski definition) is 1. The fraction of sp³-hybridized carbons (Fsp3) is 0.636. The number of aromatic nitrogens is 2. The monoisotopic (exact) mass is 220 g/mol. The largest absolute Gasteiger partial charge is 0.316 e. The van der Waals surface area contributed by atoms with Gasteiger partial charge in [-0.3, -0.25) is 9.48 Å². The van der Waals surface area contributed by atoms with Gasteiger partial charge in [0.15, 0.2) is 0 Å². The Morgan fingerprint density at radius 1 is 1.50 bits per heavy atom. The third kappa shape index (κ3) is 1.28. The van der Waals surface area contributed by atoms with Crippen molar-refractivity contribution in [3.63, 3.8) is 0 Å². The van der Waals surface area contributed by atoms with Crippen molar-refractivity contribution in [1.82, 2.24) is 15.1 Å². The summed E-state index contributed by atoms with van der Waals surface area (Å²) in [5.41, 5.74) is 0.798. The minimum atomic E-state index is -0.129. The van der Waals surface area contributed by atoms with Crippen molar-refractivity contribution in [3.05, 3.63) is 12.4 Å². The van der Waals surface area contributed by atoms with Crippen LogP contribution in [0.5, 0.6) is 0 Å². The van der Waals surface area contributed by atoms with Gasteiger partial charge in [0.05, 0.1) is 17.3 Å². The Balaban J connectivity index is 1.87. The van der Waals surface area contributed by atoms with E-state index in [0.29, 0.717) is 0 Å². The Morgan fingerprint density at radius 2 is 2.38 bits per heavy atom. The molecule has 0 unspecified atom stereocenters. The van der Waals surface area contributed by atoms with Crippen molar-refractivity contribution in [1.29, 1.82) is 0 Å². The molecule has 1 amide bonds. The third-order valence-electron chi connectivity index (χ3n) is 3.76. The zero-order valence-corrected chi connectivity index (χ0v) is 9.44. The van der Waals surface area contributed by atoms with E-state index < -0.39 is 0 Å². The first-order valence-corrected chi connectivity index (χ1v) is 5.73. The van der Waals surface area contributed by atoms with E-state index in [1.807, 2.05) is 18.1 Å². The van der Waals surface area contributed by atoms with Crippen LogP contribution in [-0.2, 0) is 11.8 Å². The summed E-state index contributed by atoms with van der Waals surface area (Å²) in [7, 11) is 1.87. The third-order valence-corrected chi connectivity index (χ3v) is 3.76. The van der Waals surface area contributed by atoms with Gasteiger partial charge in [-0.15, -0.1) is 0 Å². The molecule has 2 saturated heterocycles.